The fourth-order valence-corrected chi connectivity index (χ4v) is 1.61. The summed E-state index contributed by atoms with van der Waals surface area (Å²) in [5, 5.41) is 8.78. The molecule has 1 aliphatic carbocycles. The van der Waals surface area contributed by atoms with Gasteiger partial charge in [-0.25, -0.2) is 4.79 Å². The van der Waals surface area contributed by atoms with Crippen LogP contribution in [0.4, 0.5) is 0 Å². The highest BCUT2D eigenvalue weighted by molar-refractivity contribution is 6.19. The molecule has 1 N–H and O–H groups in total. The maximum atomic E-state index is 11.6. The maximum absolute atomic E-state index is 11.6. The van der Waals surface area contributed by atoms with Crippen molar-refractivity contribution in [3.63, 3.8) is 0 Å². The number of ketones is 1. The van der Waals surface area contributed by atoms with Gasteiger partial charge in [0.1, 0.15) is 0 Å². The molecule has 0 saturated carbocycles. The number of fused-ring (bicyclic) bond motifs is 1. The van der Waals surface area contributed by atoms with Gasteiger partial charge in [-0.05, 0) is 19.1 Å². The molecule has 1 atom stereocenters. The third kappa shape index (κ3) is 1.66. The van der Waals surface area contributed by atoms with Crippen molar-refractivity contribution in [1.82, 2.24) is 0 Å². The van der Waals surface area contributed by atoms with Gasteiger partial charge in [-0.1, -0.05) is 6.08 Å². The summed E-state index contributed by atoms with van der Waals surface area (Å²) in [4.78, 5) is 26.5. The molecule has 4 nitrogen and oxygen atoms in total. The summed E-state index contributed by atoms with van der Waals surface area (Å²) in [6.07, 6.45) is 5.92. The largest absolute Gasteiger partial charge is 0.478 e. The van der Waals surface area contributed by atoms with Crippen LogP contribution in [0.15, 0.2) is 40.6 Å². The molecule has 15 heavy (non-hydrogen) atoms. The van der Waals surface area contributed by atoms with E-state index in [9.17, 15) is 9.59 Å². The van der Waals surface area contributed by atoms with E-state index < -0.39 is 11.9 Å². The van der Waals surface area contributed by atoms with Crippen molar-refractivity contribution in [2.75, 3.05) is 0 Å². The van der Waals surface area contributed by atoms with Crippen molar-refractivity contribution in [1.29, 1.82) is 0 Å². The standard InChI is InChI=1S/C11H9NO3/c1-6-4-10(13)8-5-7(11(14)15)2-3-9(8)12-6/h2-5,8H,1H3,(H,14,15). The highest BCUT2D eigenvalue weighted by Gasteiger charge is 2.26. The van der Waals surface area contributed by atoms with E-state index in [1.54, 1.807) is 13.0 Å². The average Bonchev–Trinajstić information content (AvgIpc) is 2.16. The minimum Gasteiger partial charge on any atom is -0.478 e. The average molecular weight is 203 g/mol. The van der Waals surface area contributed by atoms with Gasteiger partial charge in [-0.15, -0.1) is 0 Å². The number of aliphatic imine (C=N–C) groups is 1. The molecule has 76 valence electrons. The monoisotopic (exact) mass is 203 g/mol. The lowest BCUT2D eigenvalue weighted by molar-refractivity contribution is -0.132. The number of carbonyl (C=O) groups excluding carboxylic acids is 1. The van der Waals surface area contributed by atoms with E-state index in [1.807, 2.05) is 0 Å². The van der Waals surface area contributed by atoms with E-state index in [0.29, 0.717) is 11.4 Å². The molecule has 0 fully saturated rings. The number of carbonyl (C=O) groups is 2. The molecule has 0 aromatic carbocycles. The second kappa shape index (κ2) is 3.31. The number of rotatable bonds is 1. The topological polar surface area (TPSA) is 66.7 Å². The lowest BCUT2D eigenvalue weighted by Crippen LogP contribution is -2.26. The van der Waals surface area contributed by atoms with E-state index in [4.69, 9.17) is 5.11 Å². The van der Waals surface area contributed by atoms with Gasteiger partial charge < -0.3 is 5.11 Å². The molecule has 0 saturated heterocycles. The predicted octanol–water partition coefficient (Wildman–Crippen LogP) is 1.11. The van der Waals surface area contributed by atoms with E-state index >= 15 is 0 Å². The lowest BCUT2D eigenvalue weighted by Gasteiger charge is -2.18. The number of allylic oxidation sites excluding steroid dienone is 4. The lowest BCUT2D eigenvalue weighted by atomic mass is 9.88. The number of nitrogens with zero attached hydrogens (tertiary/aromatic N) is 1. The quantitative estimate of drug-likeness (QED) is 0.694. The summed E-state index contributed by atoms with van der Waals surface area (Å²) in [5.41, 5.74) is 1.41. The Kier molecular flexibility index (Phi) is 2.11. The molecule has 2 rings (SSSR count). The SMILES string of the molecule is CC1=CC(=O)C2C=C(C(=O)O)C=CC2=N1. The van der Waals surface area contributed by atoms with Crippen LogP contribution in [0.3, 0.4) is 0 Å². The second-order valence-electron chi connectivity index (χ2n) is 3.46. The molecule has 1 heterocycles. The molecule has 4 heteroatoms. The van der Waals surface area contributed by atoms with Gasteiger partial charge in [0.2, 0.25) is 0 Å². The molecule has 1 aliphatic heterocycles. The summed E-state index contributed by atoms with van der Waals surface area (Å²) in [6.45, 7) is 1.74. The summed E-state index contributed by atoms with van der Waals surface area (Å²) in [7, 11) is 0. The molecule has 0 radical (unpaired) electrons. The van der Waals surface area contributed by atoms with E-state index in [0.717, 1.165) is 0 Å². The van der Waals surface area contributed by atoms with E-state index in [2.05, 4.69) is 4.99 Å². The Morgan fingerprint density at radius 1 is 1.47 bits per heavy atom. The van der Waals surface area contributed by atoms with Crippen molar-refractivity contribution >= 4 is 17.5 Å². The minimum atomic E-state index is -1.02. The Morgan fingerprint density at radius 2 is 2.20 bits per heavy atom. The molecule has 2 aliphatic rings. The summed E-state index contributed by atoms with van der Waals surface area (Å²) in [5.74, 6) is -1.66. The van der Waals surface area contributed by atoms with Crippen LogP contribution < -0.4 is 0 Å². The van der Waals surface area contributed by atoms with Crippen LogP contribution in [0.2, 0.25) is 0 Å². The first-order chi connectivity index (χ1) is 7.08. The smallest absolute Gasteiger partial charge is 0.335 e. The van der Waals surface area contributed by atoms with Gasteiger partial charge >= 0.3 is 5.97 Å². The fourth-order valence-electron chi connectivity index (χ4n) is 1.61. The highest BCUT2D eigenvalue weighted by Crippen LogP contribution is 2.22. The normalized spacial score (nSPS) is 23.9. The van der Waals surface area contributed by atoms with Gasteiger partial charge in [0.25, 0.3) is 0 Å². The fraction of sp³-hybridized carbons (Fsp3) is 0.182. The van der Waals surface area contributed by atoms with Gasteiger partial charge in [-0.3, -0.25) is 9.79 Å². The molecule has 1 unspecified atom stereocenters. The second-order valence-corrected chi connectivity index (χ2v) is 3.46. The molecule has 0 aromatic rings. The van der Waals surface area contributed by atoms with Crippen LogP contribution in [0, 0.1) is 5.92 Å². The number of hydrogen-bond donors (Lipinski definition) is 1. The Hall–Kier alpha value is -1.97. The van der Waals surface area contributed by atoms with Crippen molar-refractivity contribution in [3.8, 4) is 0 Å². The van der Waals surface area contributed by atoms with Crippen molar-refractivity contribution in [2.45, 2.75) is 6.92 Å². The summed E-state index contributed by atoms with van der Waals surface area (Å²) < 4.78 is 0. The number of carboxylic acids is 1. The third-order valence-electron chi connectivity index (χ3n) is 2.31. The molecule has 0 amide bonds. The van der Waals surface area contributed by atoms with E-state index in [-0.39, 0.29) is 11.4 Å². The molecule has 0 bridgehead atoms. The predicted molar refractivity (Wildman–Crippen MR) is 54.5 cm³/mol. The molecule has 0 aromatic heterocycles. The number of hydrogen-bond acceptors (Lipinski definition) is 3. The van der Waals surface area contributed by atoms with Gasteiger partial charge in [-0.2, -0.15) is 0 Å². The van der Waals surface area contributed by atoms with Crippen LogP contribution in [0.1, 0.15) is 6.92 Å². The first kappa shape index (κ1) is 9.58. The Morgan fingerprint density at radius 3 is 2.87 bits per heavy atom. The Balaban J connectivity index is 2.41. The Bertz CT molecular complexity index is 466. The van der Waals surface area contributed by atoms with Crippen LogP contribution >= 0.6 is 0 Å². The highest BCUT2D eigenvalue weighted by atomic mass is 16.4. The van der Waals surface area contributed by atoms with Crippen molar-refractivity contribution < 1.29 is 14.7 Å². The zero-order chi connectivity index (χ0) is 11.0. The van der Waals surface area contributed by atoms with Gasteiger partial charge in [0, 0.05) is 11.8 Å². The first-order valence-corrected chi connectivity index (χ1v) is 4.52. The number of aliphatic carboxylic acids is 1. The number of carboxylic acid groups (broad SMARTS) is 1. The van der Waals surface area contributed by atoms with Crippen LogP contribution in [-0.4, -0.2) is 22.6 Å². The van der Waals surface area contributed by atoms with Crippen LogP contribution in [0.5, 0.6) is 0 Å². The molecular formula is C11H9NO3. The van der Waals surface area contributed by atoms with Crippen molar-refractivity contribution in [3.05, 3.63) is 35.6 Å². The molecule has 0 spiro atoms. The summed E-state index contributed by atoms with van der Waals surface area (Å²) >= 11 is 0. The van der Waals surface area contributed by atoms with E-state index in [1.165, 1.54) is 18.2 Å². The zero-order valence-corrected chi connectivity index (χ0v) is 8.10. The third-order valence-corrected chi connectivity index (χ3v) is 2.31. The molecular weight excluding hydrogens is 194 g/mol. The van der Waals surface area contributed by atoms with Gasteiger partial charge in [0.15, 0.2) is 5.78 Å². The van der Waals surface area contributed by atoms with Crippen LogP contribution in [-0.2, 0) is 9.59 Å². The van der Waals surface area contributed by atoms with Crippen molar-refractivity contribution in [2.24, 2.45) is 10.9 Å². The zero-order valence-electron chi connectivity index (χ0n) is 8.10. The summed E-state index contributed by atoms with van der Waals surface area (Å²) in [6, 6.07) is 0. The Labute approximate surface area is 86.3 Å². The minimum absolute atomic E-state index is 0.111. The first-order valence-electron chi connectivity index (χ1n) is 4.52. The maximum Gasteiger partial charge on any atom is 0.335 e. The van der Waals surface area contributed by atoms with Crippen LogP contribution in [0.25, 0.3) is 0 Å². The van der Waals surface area contributed by atoms with Gasteiger partial charge in [0.05, 0.1) is 17.2 Å².